The third-order valence-electron chi connectivity index (χ3n) is 4.32. The largest absolute Gasteiger partial charge is 0.619 e. The molecule has 138 valence electrons. The summed E-state index contributed by atoms with van der Waals surface area (Å²) in [5.74, 6) is -1.88. The van der Waals surface area contributed by atoms with E-state index in [1.54, 1.807) is 36.4 Å². The van der Waals surface area contributed by atoms with Crippen LogP contribution in [0.2, 0.25) is 0 Å². The molecule has 0 atom stereocenters. The van der Waals surface area contributed by atoms with Gasteiger partial charge in [0.15, 0.2) is 18.2 Å². The Kier molecular flexibility index (Phi) is 4.41. The van der Waals surface area contributed by atoms with Crippen LogP contribution in [0.15, 0.2) is 73.2 Å². The van der Waals surface area contributed by atoms with Gasteiger partial charge in [-0.25, -0.2) is 8.78 Å². The summed E-state index contributed by atoms with van der Waals surface area (Å²) in [6.45, 7) is 0. The van der Waals surface area contributed by atoms with E-state index in [4.69, 9.17) is 0 Å². The Bertz CT molecular complexity index is 1190. The van der Waals surface area contributed by atoms with Crippen LogP contribution in [0, 0.1) is 16.8 Å². The highest BCUT2D eigenvalue weighted by molar-refractivity contribution is 6.12. The number of pyridine rings is 1. The predicted molar refractivity (Wildman–Crippen MR) is 98.2 cm³/mol. The third-order valence-corrected chi connectivity index (χ3v) is 4.32. The number of ketones is 1. The molecule has 0 unspecified atom stereocenters. The van der Waals surface area contributed by atoms with E-state index >= 15 is 0 Å². The highest BCUT2D eigenvalue weighted by Gasteiger charge is 2.20. The number of carbonyl (C=O) groups is 1. The van der Waals surface area contributed by atoms with E-state index in [2.05, 4.69) is 10.2 Å². The molecule has 0 amide bonds. The van der Waals surface area contributed by atoms with Crippen LogP contribution in [0.1, 0.15) is 15.9 Å². The number of aromatic nitrogens is 3. The second-order valence-corrected chi connectivity index (χ2v) is 6.15. The number of nitrogens with one attached hydrogen (secondary N) is 1. The lowest BCUT2D eigenvalue weighted by Crippen LogP contribution is -2.23. The van der Waals surface area contributed by atoms with Crippen molar-refractivity contribution in [1.29, 1.82) is 0 Å². The molecule has 0 fully saturated rings. The molecule has 5 nitrogen and oxygen atoms in total. The number of nitrogens with zero attached hydrogens (tertiary/aromatic N) is 2. The Morgan fingerprint density at radius 2 is 1.86 bits per heavy atom. The van der Waals surface area contributed by atoms with Crippen molar-refractivity contribution in [2.45, 2.75) is 0 Å². The number of rotatable bonds is 4. The molecule has 4 aromatic rings. The van der Waals surface area contributed by atoms with Crippen LogP contribution in [0.25, 0.3) is 22.4 Å². The molecular formula is C21H13F2N3O2. The molecule has 2 heterocycles. The molecule has 28 heavy (non-hydrogen) atoms. The molecule has 0 saturated heterocycles. The summed E-state index contributed by atoms with van der Waals surface area (Å²) in [5.41, 5.74) is 2.08. The molecule has 2 aromatic heterocycles. The van der Waals surface area contributed by atoms with Crippen molar-refractivity contribution in [2.24, 2.45) is 0 Å². The van der Waals surface area contributed by atoms with Gasteiger partial charge in [0, 0.05) is 28.8 Å². The molecule has 7 heteroatoms. The Balaban J connectivity index is 1.74. The zero-order chi connectivity index (χ0) is 19.7. The highest BCUT2D eigenvalue weighted by Crippen LogP contribution is 2.27. The van der Waals surface area contributed by atoms with Crippen molar-refractivity contribution in [3.63, 3.8) is 0 Å². The number of hydrogen-bond donors (Lipinski definition) is 1. The fourth-order valence-corrected chi connectivity index (χ4v) is 2.98. The Hall–Kier alpha value is -3.87. The molecule has 0 aliphatic rings. The van der Waals surface area contributed by atoms with E-state index in [9.17, 15) is 18.8 Å². The normalized spacial score (nSPS) is 10.8. The molecule has 0 radical (unpaired) electrons. The van der Waals surface area contributed by atoms with Gasteiger partial charge in [0.1, 0.15) is 11.6 Å². The number of hydrogen-bond acceptors (Lipinski definition) is 3. The van der Waals surface area contributed by atoms with Crippen LogP contribution in [0.5, 0.6) is 0 Å². The van der Waals surface area contributed by atoms with Gasteiger partial charge >= 0.3 is 0 Å². The maximum Gasteiger partial charge on any atom is 0.196 e. The van der Waals surface area contributed by atoms with E-state index < -0.39 is 11.6 Å². The fourth-order valence-electron chi connectivity index (χ4n) is 2.98. The van der Waals surface area contributed by atoms with E-state index in [1.807, 2.05) is 0 Å². The van der Waals surface area contributed by atoms with Crippen LogP contribution in [-0.2, 0) is 0 Å². The average molecular weight is 377 g/mol. The Morgan fingerprint density at radius 1 is 1.04 bits per heavy atom. The first-order valence-electron chi connectivity index (χ1n) is 8.35. The van der Waals surface area contributed by atoms with Gasteiger partial charge in [-0.1, -0.05) is 18.2 Å². The van der Waals surface area contributed by atoms with Crippen LogP contribution in [0.3, 0.4) is 0 Å². The topological polar surface area (TPSA) is 72.7 Å². The monoisotopic (exact) mass is 377 g/mol. The van der Waals surface area contributed by atoms with Gasteiger partial charge < -0.3 is 5.21 Å². The minimum atomic E-state index is -0.795. The van der Waals surface area contributed by atoms with Gasteiger partial charge in [-0.05, 0) is 29.8 Å². The first-order valence-corrected chi connectivity index (χ1v) is 8.35. The van der Waals surface area contributed by atoms with E-state index in [0.717, 1.165) is 12.1 Å². The van der Waals surface area contributed by atoms with Gasteiger partial charge in [0.2, 0.25) is 0 Å². The lowest BCUT2D eigenvalue weighted by atomic mass is 9.97. The predicted octanol–water partition coefficient (Wildman–Crippen LogP) is 3.89. The van der Waals surface area contributed by atoms with E-state index in [0.29, 0.717) is 21.4 Å². The number of carbonyl (C=O) groups excluding carboxylic acids is 1. The molecule has 0 saturated carbocycles. The molecule has 0 aliphatic heterocycles. The lowest BCUT2D eigenvalue weighted by Gasteiger charge is -2.07. The van der Waals surface area contributed by atoms with Gasteiger partial charge in [0.05, 0.1) is 17.5 Å². The summed E-state index contributed by atoms with van der Waals surface area (Å²) in [7, 11) is 0. The molecule has 0 spiro atoms. The lowest BCUT2D eigenvalue weighted by molar-refractivity contribution is -0.604. The molecule has 0 bridgehead atoms. The van der Waals surface area contributed by atoms with Crippen molar-refractivity contribution in [2.75, 3.05) is 0 Å². The fraction of sp³-hybridized carbons (Fsp3) is 0. The second kappa shape index (κ2) is 7.03. The van der Waals surface area contributed by atoms with E-state index in [-0.39, 0.29) is 22.6 Å². The maximum absolute atomic E-state index is 14.2. The number of benzene rings is 2. The molecule has 1 N–H and O–H groups in total. The van der Waals surface area contributed by atoms with Crippen LogP contribution < -0.4 is 4.73 Å². The molecule has 2 aromatic carbocycles. The van der Waals surface area contributed by atoms with Crippen molar-refractivity contribution < 1.29 is 18.3 Å². The van der Waals surface area contributed by atoms with Crippen molar-refractivity contribution in [3.8, 4) is 22.4 Å². The van der Waals surface area contributed by atoms with Crippen molar-refractivity contribution >= 4 is 5.78 Å². The quantitative estimate of drug-likeness (QED) is 0.333. The maximum atomic E-state index is 14.2. The summed E-state index contributed by atoms with van der Waals surface area (Å²) < 4.78 is 28.0. The summed E-state index contributed by atoms with van der Waals surface area (Å²) in [5, 5.41) is 18.0. The third kappa shape index (κ3) is 3.25. The summed E-state index contributed by atoms with van der Waals surface area (Å²) in [6, 6.07) is 13.2. The minimum absolute atomic E-state index is 0.0499. The van der Waals surface area contributed by atoms with Crippen LogP contribution >= 0.6 is 0 Å². The number of H-pyrrole nitrogens is 1. The summed E-state index contributed by atoms with van der Waals surface area (Å²) in [6.07, 6.45) is 4.08. The first kappa shape index (κ1) is 17.5. The van der Waals surface area contributed by atoms with Crippen molar-refractivity contribution in [3.05, 3.63) is 101 Å². The average Bonchev–Trinajstić information content (AvgIpc) is 3.17. The standard InChI is InChI=1S/C21H13F2N3O2/c22-16-6-7-17(19(23)10-16)20-18(11-24-25-20)21(27)14-4-1-3-13(9-14)15-5-2-8-26(28)12-15/h1-12H,(H,24,25). The number of halogens is 2. The second-order valence-electron chi connectivity index (χ2n) is 6.15. The van der Waals surface area contributed by atoms with Gasteiger partial charge in [-0.3, -0.25) is 9.89 Å². The van der Waals surface area contributed by atoms with Gasteiger partial charge in [-0.15, -0.1) is 0 Å². The molecular weight excluding hydrogens is 364 g/mol. The van der Waals surface area contributed by atoms with Crippen LogP contribution in [-0.4, -0.2) is 16.0 Å². The minimum Gasteiger partial charge on any atom is -0.619 e. The molecule has 0 aliphatic carbocycles. The smallest absolute Gasteiger partial charge is 0.196 e. The Labute approximate surface area is 158 Å². The highest BCUT2D eigenvalue weighted by atomic mass is 19.1. The Morgan fingerprint density at radius 3 is 2.64 bits per heavy atom. The summed E-state index contributed by atoms with van der Waals surface area (Å²) in [4.78, 5) is 13.0. The van der Waals surface area contributed by atoms with E-state index in [1.165, 1.54) is 24.7 Å². The van der Waals surface area contributed by atoms with Gasteiger partial charge in [-0.2, -0.15) is 9.83 Å². The van der Waals surface area contributed by atoms with Crippen molar-refractivity contribution in [1.82, 2.24) is 10.2 Å². The zero-order valence-electron chi connectivity index (χ0n) is 14.4. The summed E-state index contributed by atoms with van der Waals surface area (Å²) >= 11 is 0. The number of aromatic amines is 1. The van der Waals surface area contributed by atoms with Crippen LogP contribution in [0.4, 0.5) is 8.78 Å². The zero-order valence-corrected chi connectivity index (χ0v) is 14.4. The SMILES string of the molecule is O=C(c1cccc(-c2ccc[n+]([O-])c2)c1)c1cn[nH]c1-c1ccc(F)cc1F. The first-order chi connectivity index (χ1) is 13.5. The van der Waals surface area contributed by atoms with Gasteiger partial charge in [0.25, 0.3) is 0 Å². The molecule has 4 rings (SSSR count).